The molecule has 1 heterocycles. The zero-order valence-electron chi connectivity index (χ0n) is 11.5. The molecule has 110 valence electrons. The molecule has 1 aromatic heterocycles. The summed E-state index contributed by atoms with van der Waals surface area (Å²) in [6.07, 6.45) is 0. The fraction of sp³-hybridized carbons (Fsp3) is 0.143. The summed E-state index contributed by atoms with van der Waals surface area (Å²) < 4.78 is 6.45. The number of benzene rings is 1. The average Bonchev–Trinajstić information content (AvgIpc) is 2.49. The Morgan fingerprint density at radius 1 is 1.33 bits per heavy atom. The Morgan fingerprint density at radius 2 is 2.05 bits per heavy atom. The molecule has 0 aliphatic carbocycles. The van der Waals surface area contributed by atoms with Crippen LogP contribution in [-0.2, 0) is 7.05 Å². The zero-order valence-corrected chi connectivity index (χ0v) is 12.3. The highest BCUT2D eigenvalue weighted by atomic mass is 35.5. The van der Waals surface area contributed by atoms with Crippen molar-refractivity contribution in [2.45, 2.75) is 0 Å². The summed E-state index contributed by atoms with van der Waals surface area (Å²) >= 11 is 6.08. The lowest BCUT2D eigenvalue weighted by Crippen LogP contribution is -2.36. The molecule has 0 bridgehead atoms. The van der Waals surface area contributed by atoms with Crippen LogP contribution in [0.15, 0.2) is 35.1 Å². The molecule has 7 heteroatoms. The van der Waals surface area contributed by atoms with Crippen molar-refractivity contribution in [1.29, 1.82) is 0 Å². The minimum Gasteiger partial charge on any atom is -0.495 e. The molecule has 0 saturated carbocycles. The molecule has 6 nitrogen and oxygen atoms in total. The molecule has 0 fully saturated rings. The van der Waals surface area contributed by atoms with Crippen molar-refractivity contribution < 1.29 is 9.53 Å². The van der Waals surface area contributed by atoms with Crippen LogP contribution in [-0.4, -0.2) is 17.6 Å². The highest BCUT2D eigenvalue weighted by Gasteiger charge is 2.13. The standard InChI is InChI=1S/C14H14ClN3O3/c1-18-11(5-4-9(14(18)20)13(19)17-16)8-3-6-12(21-2)10(15)7-8/h3-7H,16H2,1-2H3,(H,17,19). The first-order valence-electron chi connectivity index (χ1n) is 6.04. The van der Waals surface area contributed by atoms with Crippen LogP contribution in [0.25, 0.3) is 11.3 Å². The van der Waals surface area contributed by atoms with E-state index in [0.717, 1.165) is 5.56 Å². The molecule has 21 heavy (non-hydrogen) atoms. The largest absolute Gasteiger partial charge is 0.495 e. The second-order valence-electron chi connectivity index (χ2n) is 4.32. The molecule has 1 aromatic carbocycles. The molecule has 0 unspecified atom stereocenters. The molecule has 1 amide bonds. The van der Waals surface area contributed by atoms with Gasteiger partial charge in [0, 0.05) is 7.05 Å². The maximum absolute atomic E-state index is 12.2. The van der Waals surface area contributed by atoms with Crippen LogP contribution in [0.4, 0.5) is 0 Å². The number of halogens is 1. The number of aromatic nitrogens is 1. The normalized spacial score (nSPS) is 10.3. The fourth-order valence-corrected chi connectivity index (χ4v) is 2.26. The number of hydrazine groups is 1. The third-order valence-corrected chi connectivity index (χ3v) is 3.42. The van der Waals surface area contributed by atoms with Crippen LogP contribution in [0.3, 0.4) is 0 Å². The van der Waals surface area contributed by atoms with Gasteiger partial charge in [-0.1, -0.05) is 11.6 Å². The number of nitrogen functional groups attached to an aromatic ring is 1. The molecular weight excluding hydrogens is 294 g/mol. The van der Waals surface area contributed by atoms with E-state index < -0.39 is 11.5 Å². The molecule has 0 spiro atoms. The van der Waals surface area contributed by atoms with Crippen LogP contribution in [0.5, 0.6) is 5.75 Å². The Kier molecular flexibility index (Phi) is 4.30. The van der Waals surface area contributed by atoms with Gasteiger partial charge in [-0.05, 0) is 35.9 Å². The summed E-state index contributed by atoms with van der Waals surface area (Å²) in [7, 11) is 3.10. The molecule has 0 aliphatic rings. The molecule has 3 N–H and O–H groups in total. The van der Waals surface area contributed by atoms with E-state index in [1.54, 1.807) is 31.3 Å². The van der Waals surface area contributed by atoms with Crippen molar-refractivity contribution >= 4 is 17.5 Å². The van der Waals surface area contributed by atoms with E-state index in [0.29, 0.717) is 16.5 Å². The van der Waals surface area contributed by atoms with Crippen molar-refractivity contribution in [3.8, 4) is 17.0 Å². The monoisotopic (exact) mass is 307 g/mol. The van der Waals surface area contributed by atoms with Gasteiger partial charge in [0.25, 0.3) is 11.5 Å². The Balaban J connectivity index is 2.56. The van der Waals surface area contributed by atoms with E-state index in [4.69, 9.17) is 22.2 Å². The van der Waals surface area contributed by atoms with E-state index in [9.17, 15) is 9.59 Å². The Bertz CT molecular complexity index is 756. The lowest BCUT2D eigenvalue weighted by atomic mass is 10.1. The predicted molar refractivity (Wildman–Crippen MR) is 80.3 cm³/mol. The van der Waals surface area contributed by atoms with Gasteiger partial charge in [0.1, 0.15) is 11.3 Å². The summed E-state index contributed by atoms with van der Waals surface area (Å²) in [4.78, 5) is 23.6. The number of nitrogens with one attached hydrogen (secondary N) is 1. The average molecular weight is 308 g/mol. The molecule has 2 aromatic rings. The number of rotatable bonds is 3. The lowest BCUT2D eigenvalue weighted by Gasteiger charge is -2.11. The Morgan fingerprint density at radius 3 is 2.62 bits per heavy atom. The summed E-state index contributed by atoms with van der Waals surface area (Å²) in [5, 5.41) is 0.436. The summed E-state index contributed by atoms with van der Waals surface area (Å²) in [6.45, 7) is 0. The van der Waals surface area contributed by atoms with Gasteiger partial charge in [-0.25, -0.2) is 5.84 Å². The maximum atomic E-state index is 12.2. The number of pyridine rings is 1. The van der Waals surface area contributed by atoms with Crippen LogP contribution < -0.4 is 21.6 Å². The minimum atomic E-state index is -0.630. The van der Waals surface area contributed by atoms with E-state index in [1.807, 2.05) is 5.43 Å². The van der Waals surface area contributed by atoms with Crippen LogP contribution in [0.2, 0.25) is 5.02 Å². The summed E-state index contributed by atoms with van der Waals surface area (Å²) in [6, 6.07) is 8.27. The molecule has 0 atom stereocenters. The minimum absolute atomic E-state index is 0.0247. The molecular formula is C14H14ClN3O3. The second kappa shape index (κ2) is 5.99. The first-order chi connectivity index (χ1) is 9.99. The van der Waals surface area contributed by atoms with E-state index in [-0.39, 0.29) is 5.56 Å². The quantitative estimate of drug-likeness (QED) is 0.508. The van der Waals surface area contributed by atoms with E-state index in [2.05, 4.69) is 0 Å². The van der Waals surface area contributed by atoms with E-state index in [1.165, 1.54) is 17.7 Å². The molecule has 0 saturated heterocycles. The van der Waals surface area contributed by atoms with Gasteiger partial charge in [-0.3, -0.25) is 15.0 Å². The molecule has 2 rings (SSSR count). The van der Waals surface area contributed by atoms with E-state index >= 15 is 0 Å². The van der Waals surface area contributed by atoms with Crippen molar-refractivity contribution in [2.75, 3.05) is 7.11 Å². The summed E-state index contributed by atoms with van der Waals surface area (Å²) in [5.74, 6) is 4.96. The number of methoxy groups -OCH3 is 1. The first-order valence-corrected chi connectivity index (χ1v) is 6.42. The third-order valence-electron chi connectivity index (χ3n) is 3.13. The van der Waals surface area contributed by atoms with Gasteiger partial charge < -0.3 is 9.30 Å². The van der Waals surface area contributed by atoms with Crippen LogP contribution >= 0.6 is 11.6 Å². The van der Waals surface area contributed by atoms with Gasteiger partial charge in [0.05, 0.1) is 17.8 Å². The van der Waals surface area contributed by atoms with Gasteiger partial charge in [-0.2, -0.15) is 0 Å². The van der Waals surface area contributed by atoms with Crippen molar-refractivity contribution in [1.82, 2.24) is 9.99 Å². The van der Waals surface area contributed by atoms with Crippen molar-refractivity contribution in [3.05, 3.63) is 51.3 Å². The summed E-state index contributed by atoms with van der Waals surface area (Å²) in [5.41, 5.74) is 2.84. The second-order valence-corrected chi connectivity index (χ2v) is 4.73. The zero-order chi connectivity index (χ0) is 15.6. The van der Waals surface area contributed by atoms with Crippen molar-refractivity contribution in [3.63, 3.8) is 0 Å². The number of carbonyl (C=O) groups is 1. The Labute approximate surface area is 126 Å². The number of amides is 1. The smallest absolute Gasteiger partial charge is 0.270 e. The lowest BCUT2D eigenvalue weighted by molar-refractivity contribution is 0.0951. The highest BCUT2D eigenvalue weighted by Crippen LogP contribution is 2.29. The van der Waals surface area contributed by atoms with Gasteiger partial charge in [0.15, 0.2) is 0 Å². The third kappa shape index (κ3) is 2.76. The topological polar surface area (TPSA) is 86.3 Å². The number of carbonyl (C=O) groups excluding carboxylic acids is 1. The number of hydrogen-bond donors (Lipinski definition) is 2. The Hall–Kier alpha value is -2.31. The first kappa shape index (κ1) is 15.1. The fourth-order valence-electron chi connectivity index (χ4n) is 2.00. The van der Waals surface area contributed by atoms with Crippen molar-refractivity contribution in [2.24, 2.45) is 12.9 Å². The van der Waals surface area contributed by atoms with Crippen LogP contribution in [0, 0.1) is 0 Å². The maximum Gasteiger partial charge on any atom is 0.270 e. The number of nitrogens with zero attached hydrogens (tertiary/aromatic N) is 1. The highest BCUT2D eigenvalue weighted by molar-refractivity contribution is 6.32. The predicted octanol–water partition coefficient (Wildman–Crippen LogP) is 1.32. The van der Waals surface area contributed by atoms with Crippen LogP contribution in [0.1, 0.15) is 10.4 Å². The van der Waals surface area contributed by atoms with Gasteiger partial charge in [-0.15, -0.1) is 0 Å². The van der Waals surface area contributed by atoms with Gasteiger partial charge >= 0.3 is 0 Å². The van der Waals surface area contributed by atoms with Gasteiger partial charge in [0.2, 0.25) is 0 Å². The molecule has 0 aliphatic heterocycles. The SMILES string of the molecule is COc1ccc(-c2ccc(C(=O)NN)c(=O)n2C)cc1Cl. The number of hydrogen-bond acceptors (Lipinski definition) is 4. The number of ether oxygens (including phenoxy) is 1. The molecule has 0 radical (unpaired) electrons. The number of nitrogens with two attached hydrogens (primary N) is 1.